The van der Waals surface area contributed by atoms with Gasteiger partial charge in [-0.3, -0.25) is 8.80 Å². The van der Waals surface area contributed by atoms with E-state index in [0.717, 1.165) is 43.0 Å². The van der Waals surface area contributed by atoms with Crippen LogP contribution in [0, 0.1) is 6.92 Å². The molecular formula is C21H14N4S. The quantitative estimate of drug-likeness (QED) is 0.367. The molecule has 3 heterocycles. The fourth-order valence-corrected chi connectivity index (χ4v) is 4.73. The molecule has 0 spiro atoms. The molecule has 0 unspecified atom stereocenters. The predicted octanol–water partition coefficient (Wildman–Crippen LogP) is 5.37. The Bertz CT molecular complexity index is 1500. The molecule has 26 heavy (non-hydrogen) atoms. The van der Waals surface area contributed by atoms with E-state index in [1.807, 2.05) is 6.07 Å². The summed E-state index contributed by atoms with van der Waals surface area (Å²) in [6.45, 7) is 2.10. The smallest absolute Gasteiger partial charge is 0.198 e. The van der Waals surface area contributed by atoms with Crippen LogP contribution in [0.4, 0.5) is 0 Å². The summed E-state index contributed by atoms with van der Waals surface area (Å²) in [5, 5.41) is 0. The van der Waals surface area contributed by atoms with Crippen molar-refractivity contribution in [2.75, 3.05) is 0 Å². The van der Waals surface area contributed by atoms with Gasteiger partial charge in [0.15, 0.2) is 9.92 Å². The Morgan fingerprint density at radius 3 is 1.96 bits per heavy atom. The molecule has 4 nitrogen and oxygen atoms in total. The van der Waals surface area contributed by atoms with Crippen molar-refractivity contribution in [2.45, 2.75) is 6.92 Å². The van der Waals surface area contributed by atoms with Crippen molar-refractivity contribution in [3.63, 3.8) is 0 Å². The number of aryl methyl sites for hydroxylation is 1. The van der Waals surface area contributed by atoms with E-state index in [9.17, 15) is 0 Å². The van der Waals surface area contributed by atoms with Crippen molar-refractivity contribution < 1.29 is 0 Å². The highest BCUT2D eigenvalue weighted by atomic mass is 32.1. The third-order valence-electron chi connectivity index (χ3n) is 4.86. The zero-order valence-electron chi connectivity index (χ0n) is 14.0. The Hall–Kier alpha value is -3.18. The lowest BCUT2D eigenvalue weighted by Crippen LogP contribution is -1.87. The van der Waals surface area contributed by atoms with Crippen molar-refractivity contribution in [3.8, 4) is 0 Å². The van der Waals surface area contributed by atoms with Crippen molar-refractivity contribution in [3.05, 3.63) is 72.3 Å². The summed E-state index contributed by atoms with van der Waals surface area (Å²) in [6.07, 6.45) is 0. The second kappa shape index (κ2) is 4.93. The van der Waals surface area contributed by atoms with Gasteiger partial charge in [-0.05, 0) is 48.9 Å². The van der Waals surface area contributed by atoms with Gasteiger partial charge in [0.1, 0.15) is 0 Å². The zero-order chi connectivity index (χ0) is 17.3. The van der Waals surface area contributed by atoms with E-state index in [0.29, 0.717) is 0 Å². The Labute approximate surface area is 152 Å². The van der Waals surface area contributed by atoms with Crippen LogP contribution in [-0.4, -0.2) is 18.8 Å². The number of fused-ring (bicyclic) bond motifs is 9. The number of benzene rings is 3. The minimum absolute atomic E-state index is 0.949. The third-order valence-corrected chi connectivity index (χ3v) is 5.77. The molecule has 0 aliphatic carbocycles. The van der Waals surface area contributed by atoms with Gasteiger partial charge in [-0.25, -0.2) is 9.97 Å². The molecule has 0 saturated carbocycles. The molecule has 0 N–H and O–H groups in total. The van der Waals surface area contributed by atoms with Gasteiger partial charge in [-0.1, -0.05) is 41.7 Å². The topological polar surface area (TPSA) is 34.6 Å². The van der Waals surface area contributed by atoms with Crippen molar-refractivity contribution >= 4 is 54.4 Å². The average molecular weight is 354 g/mol. The van der Waals surface area contributed by atoms with Crippen molar-refractivity contribution in [1.29, 1.82) is 0 Å². The third kappa shape index (κ3) is 1.78. The van der Waals surface area contributed by atoms with Gasteiger partial charge >= 0.3 is 0 Å². The van der Waals surface area contributed by atoms with Crippen LogP contribution in [-0.2, 0) is 0 Å². The number of hydrogen-bond donors (Lipinski definition) is 0. The van der Waals surface area contributed by atoms with Crippen LogP contribution >= 0.6 is 11.3 Å². The molecule has 6 rings (SSSR count). The number of nitrogens with zero attached hydrogens (tertiary/aromatic N) is 4. The molecule has 0 aliphatic heterocycles. The highest BCUT2D eigenvalue weighted by molar-refractivity contribution is 7.21. The van der Waals surface area contributed by atoms with E-state index in [1.54, 1.807) is 11.3 Å². The lowest BCUT2D eigenvalue weighted by Gasteiger charge is -2.01. The highest BCUT2D eigenvalue weighted by Crippen LogP contribution is 2.29. The molecule has 0 radical (unpaired) electrons. The number of rotatable bonds is 0. The average Bonchev–Trinajstić information content (AvgIpc) is 3.15. The van der Waals surface area contributed by atoms with Gasteiger partial charge in [0, 0.05) is 0 Å². The maximum Gasteiger partial charge on any atom is 0.198 e. The summed E-state index contributed by atoms with van der Waals surface area (Å²) >= 11 is 1.62. The van der Waals surface area contributed by atoms with Gasteiger partial charge in [-0.2, -0.15) is 0 Å². The zero-order valence-corrected chi connectivity index (χ0v) is 14.9. The lowest BCUT2D eigenvalue weighted by atomic mass is 10.2. The number of hydrogen-bond acceptors (Lipinski definition) is 3. The molecule has 0 saturated heterocycles. The SMILES string of the molecule is Cc1ccc2c(c1)nc1sc3nc4ccccc4n3c3ccccc3n12. The summed E-state index contributed by atoms with van der Waals surface area (Å²) in [6, 6.07) is 23.2. The van der Waals surface area contributed by atoms with Crippen LogP contribution in [0.1, 0.15) is 5.56 Å². The van der Waals surface area contributed by atoms with E-state index < -0.39 is 0 Å². The minimum Gasteiger partial charge on any atom is -0.282 e. The van der Waals surface area contributed by atoms with Gasteiger partial charge < -0.3 is 0 Å². The van der Waals surface area contributed by atoms with Crippen LogP contribution in [0.15, 0.2) is 66.7 Å². The fourth-order valence-electron chi connectivity index (χ4n) is 3.70. The molecule has 5 heteroatoms. The lowest BCUT2D eigenvalue weighted by molar-refractivity contribution is 1.29. The maximum atomic E-state index is 4.91. The van der Waals surface area contributed by atoms with Gasteiger partial charge in [0.25, 0.3) is 0 Å². The van der Waals surface area contributed by atoms with Crippen LogP contribution in [0.2, 0.25) is 0 Å². The van der Waals surface area contributed by atoms with E-state index >= 15 is 0 Å². The molecule has 0 bridgehead atoms. The van der Waals surface area contributed by atoms with Gasteiger partial charge in [0.2, 0.25) is 0 Å². The first-order valence-electron chi connectivity index (χ1n) is 8.54. The molecule has 0 aliphatic rings. The Morgan fingerprint density at radius 2 is 1.23 bits per heavy atom. The van der Waals surface area contributed by atoms with Crippen molar-refractivity contribution in [2.24, 2.45) is 0 Å². The molecule has 0 fully saturated rings. The highest BCUT2D eigenvalue weighted by Gasteiger charge is 2.13. The summed E-state index contributed by atoms with van der Waals surface area (Å²) in [7, 11) is 0. The van der Waals surface area contributed by atoms with Gasteiger partial charge in [-0.15, -0.1) is 0 Å². The second-order valence-corrected chi connectivity index (χ2v) is 7.47. The van der Waals surface area contributed by atoms with Crippen LogP contribution in [0.5, 0.6) is 0 Å². The van der Waals surface area contributed by atoms with Crippen LogP contribution in [0.25, 0.3) is 43.0 Å². The Morgan fingerprint density at radius 1 is 0.654 bits per heavy atom. The molecule has 3 aromatic heterocycles. The fraction of sp³-hybridized carbons (Fsp3) is 0.0476. The molecule has 0 atom stereocenters. The predicted molar refractivity (Wildman–Crippen MR) is 108 cm³/mol. The van der Waals surface area contributed by atoms with Crippen molar-refractivity contribution in [1.82, 2.24) is 18.8 Å². The van der Waals surface area contributed by atoms with E-state index in [-0.39, 0.29) is 0 Å². The molecule has 3 aromatic carbocycles. The van der Waals surface area contributed by atoms with Crippen LogP contribution < -0.4 is 0 Å². The van der Waals surface area contributed by atoms with Crippen LogP contribution in [0.3, 0.4) is 0 Å². The van der Waals surface area contributed by atoms with E-state index in [2.05, 4.69) is 76.4 Å². The number of imidazole rings is 2. The van der Waals surface area contributed by atoms with E-state index in [1.165, 1.54) is 5.56 Å². The number of aromatic nitrogens is 4. The molecule has 124 valence electrons. The first kappa shape index (κ1) is 14.0. The maximum absolute atomic E-state index is 4.91. The minimum atomic E-state index is 0.949. The summed E-state index contributed by atoms with van der Waals surface area (Å²) in [5.74, 6) is 0. The largest absolute Gasteiger partial charge is 0.282 e. The summed E-state index contributed by atoms with van der Waals surface area (Å²) < 4.78 is 4.49. The number of para-hydroxylation sites is 4. The first-order chi connectivity index (χ1) is 12.8. The normalized spacial score (nSPS) is 12.0. The Balaban J connectivity index is 2.00. The standard InChI is InChI=1S/C21H14N4S/c1-13-10-11-17-15(12-13)23-21-25(17)19-9-5-4-8-18(19)24-16-7-3-2-6-14(16)22-20(24)26-21/h2-12H,1H3. The Kier molecular flexibility index (Phi) is 2.66. The summed E-state index contributed by atoms with van der Waals surface area (Å²) in [5.41, 5.74) is 7.74. The monoisotopic (exact) mass is 354 g/mol. The first-order valence-corrected chi connectivity index (χ1v) is 9.35. The molecule has 0 amide bonds. The summed E-state index contributed by atoms with van der Waals surface area (Å²) in [4.78, 5) is 11.7. The van der Waals surface area contributed by atoms with E-state index in [4.69, 9.17) is 9.97 Å². The molecular weight excluding hydrogens is 340 g/mol. The second-order valence-electron chi connectivity index (χ2n) is 6.53. The van der Waals surface area contributed by atoms with Gasteiger partial charge in [0.05, 0.1) is 33.1 Å². The molecule has 6 aromatic rings.